The minimum absolute atomic E-state index is 0.220. The van der Waals surface area contributed by atoms with Gasteiger partial charge in [-0.25, -0.2) is 19.2 Å². The average molecular weight is 359 g/mol. The number of rotatable bonds is 5. The van der Waals surface area contributed by atoms with E-state index in [1.807, 2.05) is 0 Å². The van der Waals surface area contributed by atoms with Gasteiger partial charge in [0.2, 0.25) is 0 Å². The van der Waals surface area contributed by atoms with Crippen LogP contribution < -0.4 is 10.6 Å². The van der Waals surface area contributed by atoms with Crippen LogP contribution in [-0.2, 0) is 4.74 Å². The molecule has 0 unspecified atom stereocenters. The Kier molecular flexibility index (Phi) is 5.83. The molecule has 0 aliphatic carbocycles. The van der Waals surface area contributed by atoms with Crippen LogP contribution in [-0.4, -0.2) is 46.7 Å². The van der Waals surface area contributed by atoms with Gasteiger partial charge in [0.1, 0.15) is 23.8 Å². The lowest BCUT2D eigenvalue weighted by atomic mass is 10.1. The van der Waals surface area contributed by atoms with Crippen molar-refractivity contribution >= 4 is 23.4 Å². The molecular formula is C18H22FN5O2. The third-order valence-electron chi connectivity index (χ3n) is 4.14. The van der Waals surface area contributed by atoms with Gasteiger partial charge in [0.15, 0.2) is 0 Å². The molecule has 1 aromatic heterocycles. The van der Waals surface area contributed by atoms with Crippen LogP contribution in [0.25, 0.3) is 0 Å². The number of hydrogen-bond acceptors (Lipinski definition) is 6. The maximum Gasteiger partial charge on any atom is 0.409 e. The topological polar surface area (TPSA) is 79.4 Å². The van der Waals surface area contributed by atoms with E-state index in [4.69, 9.17) is 4.74 Å². The molecule has 2 N–H and O–H groups in total. The number of carbonyl (C=O) groups is 1. The summed E-state index contributed by atoms with van der Waals surface area (Å²) >= 11 is 0. The fraction of sp³-hybridized carbons (Fsp3) is 0.389. The zero-order valence-corrected chi connectivity index (χ0v) is 14.6. The second-order valence-electron chi connectivity index (χ2n) is 6.03. The normalized spacial score (nSPS) is 14.8. The van der Waals surface area contributed by atoms with Crippen LogP contribution in [0.15, 0.2) is 36.7 Å². The van der Waals surface area contributed by atoms with E-state index in [0.29, 0.717) is 37.0 Å². The fourth-order valence-electron chi connectivity index (χ4n) is 2.85. The number of nitrogens with one attached hydrogen (secondary N) is 2. The number of aromatic nitrogens is 2. The number of nitrogens with zero attached hydrogens (tertiary/aromatic N) is 3. The monoisotopic (exact) mass is 359 g/mol. The maximum absolute atomic E-state index is 13.3. The summed E-state index contributed by atoms with van der Waals surface area (Å²) in [6.45, 7) is 3.49. The van der Waals surface area contributed by atoms with Crippen molar-refractivity contribution in [3.05, 3.63) is 42.5 Å². The van der Waals surface area contributed by atoms with E-state index >= 15 is 0 Å². The summed E-state index contributed by atoms with van der Waals surface area (Å²) in [6, 6.07) is 8.19. The average Bonchev–Trinajstić information content (AvgIpc) is 2.63. The van der Waals surface area contributed by atoms with Gasteiger partial charge < -0.3 is 20.3 Å². The first-order valence-corrected chi connectivity index (χ1v) is 8.67. The minimum Gasteiger partial charge on any atom is -0.450 e. The molecule has 1 amide bonds. The van der Waals surface area contributed by atoms with Crippen molar-refractivity contribution in [3.8, 4) is 0 Å². The first-order valence-electron chi connectivity index (χ1n) is 8.67. The largest absolute Gasteiger partial charge is 0.450 e. The summed E-state index contributed by atoms with van der Waals surface area (Å²) in [4.78, 5) is 21.8. The van der Waals surface area contributed by atoms with Crippen molar-refractivity contribution in [3.63, 3.8) is 0 Å². The molecule has 2 aromatic rings. The lowest BCUT2D eigenvalue weighted by Crippen LogP contribution is -2.42. The van der Waals surface area contributed by atoms with Crippen molar-refractivity contribution < 1.29 is 13.9 Å². The van der Waals surface area contributed by atoms with Crippen molar-refractivity contribution in [2.24, 2.45) is 0 Å². The molecule has 7 nitrogen and oxygen atoms in total. The van der Waals surface area contributed by atoms with Gasteiger partial charge in [-0.05, 0) is 38.0 Å². The Hall–Kier alpha value is -2.90. The first kappa shape index (κ1) is 17.9. The Morgan fingerprint density at radius 2 is 2.04 bits per heavy atom. The maximum atomic E-state index is 13.3. The molecule has 1 aromatic carbocycles. The summed E-state index contributed by atoms with van der Waals surface area (Å²) in [5.74, 6) is 0.960. The number of hydrogen-bond donors (Lipinski definition) is 2. The van der Waals surface area contributed by atoms with Crippen LogP contribution in [0.2, 0.25) is 0 Å². The van der Waals surface area contributed by atoms with Crippen LogP contribution in [0.3, 0.4) is 0 Å². The highest BCUT2D eigenvalue weighted by Gasteiger charge is 2.23. The van der Waals surface area contributed by atoms with E-state index in [0.717, 1.165) is 12.8 Å². The van der Waals surface area contributed by atoms with Gasteiger partial charge in [0.05, 0.1) is 6.61 Å². The van der Waals surface area contributed by atoms with E-state index in [1.165, 1.54) is 18.5 Å². The Bertz CT molecular complexity index is 750. The van der Waals surface area contributed by atoms with Gasteiger partial charge in [-0.15, -0.1) is 0 Å². The van der Waals surface area contributed by atoms with E-state index in [9.17, 15) is 9.18 Å². The molecule has 8 heteroatoms. The van der Waals surface area contributed by atoms with E-state index in [1.54, 1.807) is 30.0 Å². The number of benzene rings is 1. The molecule has 2 heterocycles. The molecule has 26 heavy (non-hydrogen) atoms. The zero-order valence-electron chi connectivity index (χ0n) is 14.6. The third kappa shape index (κ3) is 4.81. The van der Waals surface area contributed by atoms with Gasteiger partial charge >= 0.3 is 6.09 Å². The molecular weight excluding hydrogens is 337 g/mol. The van der Waals surface area contributed by atoms with Crippen LogP contribution in [0.4, 0.5) is 26.5 Å². The highest BCUT2D eigenvalue weighted by atomic mass is 19.1. The second kappa shape index (κ2) is 8.46. The summed E-state index contributed by atoms with van der Waals surface area (Å²) in [7, 11) is 0. The molecule has 1 saturated heterocycles. The van der Waals surface area contributed by atoms with Crippen LogP contribution >= 0.6 is 0 Å². The molecule has 0 radical (unpaired) electrons. The van der Waals surface area contributed by atoms with E-state index in [2.05, 4.69) is 20.6 Å². The van der Waals surface area contributed by atoms with Gasteiger partial charge in [0, 0.05) is 30.9 Å². The number of amides is 1. The molecule has 138 valence electrons. The standard InChI is InChI=1S/C18H22FN5O2/c1-2-26-18(25)24-8-6-14(7-9-24)22-16-11-17(21-12-20-16)23-15-5-3-4-13(19)10-15/h3-5,10-12,14H,2,6-9H2,1H3,(H2,20,21,22,23). The van der Waals surface area contributed by atoms with Crippen molar-refractivity contribution in [1.82, 2.24) is 14.9 Å². The first-order chi connectivity index (χ1) is 12.6. The predicted octanol–water partition coefficient (Wildman–Crippen LogP) is 3.39. The molecule has 1 fully saturated rings. The number of carbonyl (C=O) groups excluding carboxylic acids is 1. The van der Waals surface area contributed by atoms with Crippen LogP contribution in [0, 0.1) is 5.82 Å². The Morgan fingerprint density at radius 1 is 1.27 bits per heavy atom. The summed E-state index contributed by atoms with van der Waals surface area (Å²) in [5, 5.41) is 6.42. The fourth-order valence-corrected chi connectivity index (χ4v) is 2.85. The van der Waals surface area contributed by atoms with Gasteiger partial charge in [0.25, 0.3) is 0 Å². The van der Waals surface area contributed by atoms with Crippen molar-refractivity contribution in [1.29, 1.82) is 0 Å². The lowest BCUT2D eigenvalue weighted by Gasteiger charge is -2.31. The van der Waals surface area contributed by atoms with Crippen LogP contribution in [0.1, 0.15) is 19.8 Å². The SMILES string of the molecule is CCOC(=O)N1CCC(Nc2cc(Nc3cccc(F)c3)ncn2)CC1. The van der Waals surface area contributed by atoms with Crippen molar-refractivity contribution in [2.45, 2.75) is 25.8 Å². The summed E-state index contributed by atoms with van der Waals surface area (Å²) < 4.78 is 18.3. The number of anilines is 3. The molecule has 3 rings (SSSR count). The van der Waals surface area contributed by atoms with E-state index in [-0.39, 0.29) is 18.0 Å². The Balaban J connectivity index is 1.55. The number of likely N-dealkylation sites (tertiary alicyclic amines) is 1. The van der Waals surface area contributed by atoms with Gasteiger partial charge in [-0.1, -0.05) is 6.07 Å². The summed E-state index contributed by atoms with van der Waals surface area (Å²) in [5.41, 5.74) is 0.623. The van der Waals surface area contributed by atoms with Crippen LogP contribution in [0.5, 0.6) is 0 Å². The molecule has 0 saturated carbocycles. The van der Waals surface area contributed by atoms with E-state index < -0.39 is 0 Å². The second-order valence-corrected chi connectivity index (χ2v) is 6.03. The molecule has 1 aliphatic heterocycles. The van der Waals surface area contributed by atoms with Crippen molar-refractivity contribution in [2.75, 3.05) is 30.3 Å². The predicted molar refractivity (Wildman–Crippen MR) is 97.0 cm³/mol. The quantitative estimate of drug-likeness (QED) is 0.852. The highest BCUT2D eigenvalue weighted by molar-refractivity contribution is 5.67. The number of ether oxygens (including phenoxy) is 1. The molecule has 0 atom stereocenters. The lowest BCUT2D eigenvalue weighted by molar-refractivity contribution is 0.0983. The molecule has 0 bridgehead atoms. The number of halogens is 1. The van der Waals surface area contributed by atoms with Gasteiger partial charge in [-0.2, -0.15) is 0 Å². The minimum atomic E-state index is -0.309. The molecule has 1 aliphatic rings. The smallest absolute Gasteiger partial charge is 0.409 e. The number of piperidine rings is 1. The van der Waals surface area contributed by atoms with Gasteiger partial charge in [-0.3, -0.25) is 0 Å². The Labute approximate surface area is 151 Å². The Morgan fingerprint density at radius 3 is 2.77 bits per heavy atom. The molecule has 0 spiro atoms. The summed E-state index contributed by atoms with van der Waals surface area (Å²) in [6.07, 6.45) is 2.83. The highest BCUT2D eigenvalue weighted by Crippen LogP contribution is 2.20. The zero-order chi connectivity index (χ0) is 18.4. The third-order valence-corrected chi connectivity index (χ3v) is 4.14.